The van der Waals surface area contributed by atoms with Crippen molar-refractivity contribution in [3.05, 3.63) is 101 Å². The highest BCUT2D eigenvalue weighted by molar-refractivity contribution is 7.91. The first-order valence-corrected chi connectivity index (χ1v) is 25.6. The lowest BCUT2D eigenvalue weighted by Crippen LogP contribution is -2.43. The van der Waals surface area contributed by atoms with Gasteiger partial charge in [-0.1, -0.05) is 45.7 Å². The number of primary amides is 1. The number of ether oxygens (including phenoxy) is 2. The second kappa shape index (κ2) is 19.8. The SMILES string of the molecule is COc1cccc(Nc2c(C(N)=O)cnc3c(C)cc(S(=O)(=O)c4cccc(C(=O)NCCCCCCNC[C@H](O[Si](C)(C)C(C)(C)C)c5ccc(O)c6c5OCC(=O)N6)c4)cc23)c1. The molecule has 5 aromatic rings. The van der Waals surface area contributed by atoms with Gasteiger partial charge in [-0.3, -0.25) is 19.4 Å². The number of nitrogens with zero attached hydrogens (tertiary/aromatic N) is 1. The third-order valence-corrected chi connectivity index (χ3v) is 17.9. The topological polar surface area (TPSA) is 220 Å². The number of phenols is 1. The summed E-state index contributed by atoms with van der Waals surface area (Å²) >= 11 is 0. The number of nitrogens with two attached hydrogens (primary N) is 1. The lowest BCUT2D eigenvalue weighted by Gasteiger charge is -2.40. The van der Waals surface area contributed by atoms with Gasteiger partial charge in [-0.15, -0.1) is 0 Å². The highest BCUT2D eigenvalue weighted by Crippen LogP contribution is 2.45. The molecule has 0 saturated heterocycles. The molecule has 4 aromatic carbocycles. The number of benzene rings is 4. The molecule has 0 aliphatic carbocycles. The Kier molecular flexibility index (Phi) is 14.7. The molecule has 7 N–H and O–H groups in total. The first-order chi connectivity index (χ1) is 30.3. The first kappa shape index (κ1) is 47.5. The van der Waals surface area contributed by atoms with E-state index in [2.05, 4.69) is 60.1 Å². The summed E-state index contributed by atoms with van der Waals surface area (Å²) in [6.07, 6.45) is 4.37. The number of aromatic nitrogens is 1. The van der Waals surface area contributed by atoms with Crippen molar-refractivity contribution in [3.63, 3.8) is 0 Å². The molecule has 15 nitrogen and oxygen atoms in total. The quantitative estimate of drug-likeness (QED) is 0.0265. The molecule has 3 amide bonds. The maximum Gasteiger partial charge on any atom is 0.262 e. The summed E-state index contributed by atoms with van der Waals surface area (Å²) in [6.45, 7) is 14.1. The van der Waals surface area contributed by atoms with Gasteiger partial charge in [-0.25, -0.2) is 8.42 Å². The lowest BCUT2D eigenvalue weighted by atomic mass is 10.0. The molecule has 2 heterocycles. The maximum absolute atomic E-state index is 14.2. The summed E-state index contributed by atoms with van der Waals surface area (Å²) in [6, 6.07) is 19.3. The van der Waals surface area contributed by atoms with Crippen molar-refractivity contribution in [3.8, 4) is 17.2 Å². The average molecular weight is 911 g/mol. The van der Waals surface area contributed by atoms with Crippen LogP contribution >= 0.6 is 0 Å². The zero-order chi connectivity index (χ0) is 46.4. The Morgan fingerprint density at radius 1 is 0.984 bits per heavy atom. The molecule has 0 saturated carbocycles. The smallest absolute Gasteiger partial charge is 0.262 e. The molecule has 0 fully saturated rings. The van der Waals surface area contributed by atoms with E-state index in [4.69, 9.17) is 19.6 Å². The van der Waals surface area contributed by atoms with Crippen molar-refractivity contribution < 1.29 is 41.8 Å². The van der Waals surface area contributed by atoms with Crippen molar-refractivity contribution in [1.29, 1.82) is 0 Å². The standard InChI is InChI=1S/C47H58N6O9SSi/c1-29-22-34(25-36-41(29)51-26-37(45(48)56)42(36)52-31-15-13-16-32(24-31)60-5)63(58,59)33-17-12-14-30(23-33)46(57)50-21-11-9-8-10-20-49-27-39(62-64(6,7)47(2,3)4)35-18-19-38(54)43-44(35)61-28-40(55)53-43/h12-19,22-26,39,49,54H,8-11,20-21,27-28H2,1-7H3,(H2,48,56)(H,50,57)(H,51,52)(H,53,55)/t39-/m0/s1. The summed E-state index contributed by atoms with van der Waals surface area (Å²) in [5, 5.41) is 23.2. The van der Waals surface area contributed by atoms with Crippen LogP contribution in [0, 0.1) is 6.92 Å². The molecule has 340 valence electrons. The second-order valence-corrected chi connectivity index (χ2v) is 24.1. The molecule has 1 aliphatic heterocycles. The zero-order valence-corrected chi connectivity index (χ0v) is 39.2. The number of hydrogen-bond donors (Lipinski definition) is 6. The predicted octanol–water partition coefficient (Wildman–Crippen LogP) is 7.91. The fourth-order valence-electron chi connectivity index (χ4n) is 7.15. The summed E-state index contributed by atoms with van der Waals surface area (Å²) < 4.78 is 46.3. The van der Waals surface area contributed by atoms with Crippen LogP contribution in [0.15, 0.2) is 88.8 Å². The van der Waals surface area contributed by atoms with Gasteiger partial charge < -0.3 is 46.0 Å². The van der Waals surface area contributed by atoms with Gasteiger partial charge in [0.05, 0.1) is 39.8 Å². The van der Waals surface area contributed by atoms with Gasteiger partial charge >= 0.3 is 0 Å². The molecule has 64 heavy (non-hydrogen) atoms. The molecule has 1 aliphatic rings. The minimum atomic E-state index is -4.14. The molecule has 1 aromatic heterocycles. The fourth-order valence-corrected chi connectivity index (χ4v) is 9.85. The van der Waals surface area contributed by atoms with Gasteiger partial charge in [-0.05, 0) is 105 Å². The van der Waals surface area contributed by atoms with Gasteiger partial charge in [0.1, 0.15) is 17.2 Å². The number of hydrogen-bond acceptors (Lipinski definition) is 12. The Hall–Kier alpha value is -6.01. The van der Waals surface area contributed by atoms with Crippen LogP contribution in [0.25, 0.3) is 10.9 Å². The summed E-state index contributed by atoms with van der Waals surface area (Å²) in [7, 11) is -4.84. The van der Waals surface area contributed by atoms with E-state index < -0.39 is 24.1 Å². The predicted molar refractivity (Wildman–Crippen MR) is 250 cm³/mol. The lowest BCUT2D eigenvalue weighted by molar-refractivity contribution is -0.118. The van der Waals surface area contributed by atoms with Crippen LogP contribution < -0.4 is 36.5 Å². The second-order valence-electron chi connectivity index (χ2n) is 17.4. The van der Waals surface area contributed by atoms with Gasteiger partial charge in [0.15, 0.2) is 20.7 Å². The van der Waals surface area contributed by atoms with E-state index >= 15 is 0 Å². The Morgan fingerprint density at radius 3 is 2.44 bits per heavy atom. The molecule has 0 spiro atoms. The number of amides is 3. The maximum atomic E-state index is 14.2. The van der Waals surface area contributed by atoms with Gasteiger partial charge in [-0.2, -0.15) is 0 Å². The fraction of sp³-hybridized carbons (Fsp3) is 0.362. The van der Waals surface area contributed by atoms with E-state index in [-0.39, 0.29) is 61.9 Å². The van der Waals surface area contributed by atoms with E-state index in [0.717, 1.165) is 37.8 Å². The number of phenolic OH excluding ortho intramolecular Hbond substituents is 1. The highest BCUT2D eigenvalue weighted by atomic mass is 32.2. The largest absolute Gasteiger partial charge is 0.506 e. The van der Waals surface area contributed by atoms with Crippen LogP contribution in [-0.2, 0) is 19.1 Å². The molecule has 1 atom stereocenters. The van der Waals surface area contributed by atoms with Crippen LogP contribution in [0.3, 0.4) is 0 Å². The molecule has 0 unspecified atom stereocenters. The molecule has 0 radical (unpaired) electrons. The number of fused-ring (bicyclic) bond motifs is 2. The minimum Gasteiger partial charge on any atom is -0.506 e. The summed E-state index contributed by atoms with van der Waals surface area (Å²) in [4.78, 5) is 42.2. The normalized spacial score (nSPS) is 13.4. The number of nitrogens with one attached hydrogen (secondary N) is 4. The Labute approximate surface area is 375 Å². The van der Waals surface area contributed by atoms with Gasteiger partial charge in [0.2, 0.25) is 9.84 Å². The van der Waals surface area contributed by atoms with Crippen LogP contribution in [0.1, 0.15) is 84.4 Å². The van der Waals surface area contributed by atoms with Crippen LogP contribution in [-0.4, -0.2) is 77.9 Å². The van der Waals surface area contributed by atoms with Crippen molar-refractivity contribution in [2.75, 3.05) is 44.0 Å². The molecule has 6 rings (SSSR count). The molecular formula is C47H58N6O9SSi. The van der Waals surface area contributed by atoms with Crippen LogP contribution in [0.2, 0.25) is 18.1 Å². The average Bonchev–Trinajstić information content (AvgIpc) is 3.25. The van der Waals surface area contributed by atoms with Crippen molar-refractivity contribution in [2.45, 2.75) is 87.4 Å². The first-order valence-electron chi connectivity index (χ1n) is 21.3. The van der Waals surface area contributed by atoms with Crippen molar-refractivity contribution >= 4 is 63.8 Å². The number of aryl methyl sites for hydroxylation is 1. The number of rotatable bonds is 19. The zero-order valence-electron chi connectivity index (χ0n) is 37.4. The molecular weight excluding hydrogens is 853 g/mol. The number of sulfone groups is 1. The number of unbranched alkanes of at least 4 members (excludes halogenated alkanes) is 3. The van der Waals surface area contributed by atoms with Gasteiger partial charge in [0.25, 0.3) is 17.7 Å². The number of carbonyl (C=O) groups excluding carboxylic acids is 3. The number of methoxy groups -OCH3 is 1. The monoisotopic (exact) mass is 910 g/mol. The van der Waals surface area contributed by atoms with Crippen LogP contribution in [0.5, 0.6) is 17.2 Å². The number of anilines is 3. The molecule has 17 heteroatoms. The summed E-state index contributed by atoms with van der Waals surface area (Å²) in [5.74, 6) is -0.522. The number of pyridine rings is 1. The third kappa shape index (κ3) is 10.8. The third-order valence-electron chi connectivity index (χ3n) is 11.7. The Bertz CT molecular complexity index is 2670. The highest BCUT2D eigenvalue weighted by Gasteiger charge is 2.40. The van der Waals surface area contributed by atoms with E-state index in [1.165, 1.54) is 43.6 Å². The number of aromatic hydroxyl groups is 1. The van der Waals surface area contributed by atoms with E-state index in [1.807, 2.05) is 0 Å². The van der Waals surface area contributed by atoms with Crippen LogP contribution in [0.4, 0.5) is 17.1 Å². The van der Waals surface area contributed by atoms with E-state index in [1.54, 1.807) is 49.4 Å². The van der Waals surface area contributed by atoms with Crippen molar-refractivity contribution in [1.82, 2.24) is 15.6 Å². The Morgan fingerprint density at radius 2 is 1.72 bits per heavy atom. The van der Waals surface area contributed by atoms with E-state index in [9.17, 15) is 27.9 Å². The molecule has 0 bridgehead atoms. The summed E-state index contributed by atoms with van der Waals surface area (Å²) in [5.41, 5.74) is 8.97. The minimum absolute atomic E-state index is 0.0384. The van der Waals surface area contributed by atoms with Crippen molar-refractivity contribution in [2.24, 2.45) is 5.73 Å². The van der Waals surface area contributed by atoms with E-state index in [0.29, 0.717) is 52.4 Å². The Balaban J connectivity index is 1.05. The number of carbonyl (C=O) groups is 3. The van der Waals surface area contributed by atoms with Gasteiger partial charge in [0, 0.05) is 47.6 Å².